The molecule has 0 saturated carbocycles. The summed E-state index contributed by atoms with van der Waals surface area (Å²) >= 11 is 6.07. The van der Waals surface area contributed by atoms with Crippen LogP contribution in [-0.4, -0.2) is 14.9 Å². The molecule has 0 unspecified atom stereocenters. The number of non-ortho nitro benzene ring substituents is 1. The maximum atomic E-state index is 12.9. The zero-order valence-electron chi connectivity index (χ0n) is 10.5. The van der Waals surface area contributed by atoms with Gasteiger partial charge < -0.3 is 0 Å². The number of halogens is 2. The van der Waals surface area contributed by atoms with Gasteiger partial charge in [-0.15, -0.1) is 0 Å². The molecular formula is C14H7ClFN3O2. The zero-order valence-corrected chi connectivity index (χ0v) is 11.2. The van der Waals surface area contributed by atoms with Crippen molar-refractivity contribution in [3.8, 4) is 11.4 Å². The number of nitro groups is 1. The minimum absolute atomic E-state index is 0.0810. The molecule has 0 amide bonds. The van der Waals surface area contributed by atoms with Gasteiger partial charge in [0.1, 0.15) is 11.0 Å². The normalized spacial score (nSPS) is 10.8. The number of rotatable bonds is 2. The largest absolute Gasteiger partial charge is 0.270 e. The SMILES string of the molecule is O=[N+]([O-])c1ccc2nc(-c3ccc(F)cc3)nc(Cl)c2c1. The van der Waals surface area contributed by atoms with Crippen molar-refractivity contribution in [3.63, 3.8) is 0 Å². The van der Waals surface area contributed by atoms with Gasteiger partial charge in [0.05, 0.1) is 10.4 Å². The van der Waals surface area contributed by atoms with E-state index in [1.54, 1.807) is 0 Å². The molecule has 5 nitrogen and oxygen atoms in total. The Bertz CT molecular complexity index is 853. The average Bonchev–Trinajstić information content (AvgIpc) is 2.47. The molecule has 0 atom stereocenters. The minimum atomic E-state index is -0.510. The lowest BCUT2D eigenvalue weighted by Crippen LogP contribution is -1.94. The van der Waals surface area contributed by atoms with Gasteiger partial charge in [-0.25, -0.2) is 14.4 Å². The lowest BCUT2D eigenvalue weighted by atomic mass is 10.2. The van der Waals surface area contributed by atoms with E-state index in [0.29, 0.717) is 22.3 Å². The third kappa shape index (κ3) is 2.53. The summed E-state index contributed by atoms with van der Waals surface area (Å²) in [7, 11) is 0. The highest BCUT2D eigenvalue weighted by molar-refractivity contribution is 6.34. The topological polar surface area (TPSA) is 68.9 Å². The molecule has 21 heavy (non-hydrogen) atoms. The third-order valence-electron chi connectivity index (χ3n) is 2.95. The Hall–Kier alpha value is -2.60. The predicted molar refractivity (Wildman–Crippen MR) is 76.6 cm³/mol. The summed E-state index contributed by atoms with van der Waals surface area (Å²) in [4.78, 5) is 18.7. The van der Waals surface area contributed by atoms with Gasteiger partial charge in [0, 0.05) is 23.1 Å². The zero-order chi connectivity index (χ0) is 15.0. The first-order valence-electron chi connectivity index (χ1n) is 5.92. The van der Waals surface area contributed by atoms with E-state index in [0.717, 1.165) is 0 Å². The Balaban J connectivity index is 2.17. The van der Waals surface area contributed by atoms with Crippen LogP contribution in [0.4, 0.5) is 10.1 Å². The molecule has 0 aliphatic rings. The van der Waals surface area contributed by atoms with Crippen molar-refractivity contribution in [2.24, 2.45) is 0 Å². The van der Waals surface area contributed by atoms with Crippen LogP contribution in [0.1, 0.15) is 0 Å². The van der Waals surface area contributed by atoms with Crippen LogP contribution in [0, 0.1) is 15.9 Å². The van der Waals surface area contributed by atoms with E-state index < -0.39 is 4.92 Å². The molecule has 0 bridgehead atoms. The number of hydrogen-bond donors (Lipinski definition) is 0. The molecule has 2 aromatic carbocycles. The van der Waals surface area contributed by atoms with E-state index in [-0.39, 0.29) is 16.7 Å². The molecule has 0 N–H and O–H groups in total. The molecule has 1 aromatic heterocycles. The Morgan fingerprint density at radius 1 is 1.10 bits per heavy atom. The number of hydrogen-bond acceptors (Lipinski definition) is 4. The summed E-state index contributed by atoms with van der Waals surface area (Å²) < 4.78 is 12.9. The first kappa shape index (κ1) is 13.4. The van der Waals surface area contributed by atoms with Crippen LogP contribution in [0.25, 0.3) is 22.3 Å². The van der Waals surface area contributed by atoms with Crippen molar-refractivity contribution in [1.29, 1.82) is 0 Å². The average molecular weight is 304 g/mol. The van der Waals surface area contributed by atoms with Gasteiger partial charge in [0.2, 0.25) is 0 Å². The van der Waals surface area contributed by atoms with Gasteiger partial charge in [-0.3, -0.25) is 10.1 Å². The molecule has 3 rings (SSSR count). The Kier molecular flexibility index (Phi) is 3.23. The van der Waals surface area contributed by atoms with E-state index in [1.165, 1.54) is 42.5 Å². The quantitative estimate of drug-likeness (QED) is 0.407. The smallest absolute Gasteiger partial charge is 0.258 e. The van der Waals surface area contributed by atoms with Gasteiger partial charge in [-0.05, 0) is 30.3 Å². The van der Waals surface area contributed by atoms with E-state index in [1.807, 2.05) is 0 Å². The number of nitro benzene ring substituents is 1. The molecule has 0 radical (unpaired) electrons. The summed E-state index contributed by atoms with van der Waals surface area (Å²) in [5, 5.41) is 11.3. The summed E-state index contributed by atoms with van der Waals surface area (Å²) in [6.45, 7) is 0. The maximum absolute atomic E-state index is 12.9. The second-order valence-corrected chi connectivity index (χ2v) is 4.66. The molecular weight excluding hydrogens is 297 g/mol. The fourth-order valence-electron chi connectivity index (χ4n) is 1.92. The van der Waals surface area contributed by atoms with Gasteiger partial charge in [-0.1, -0.05) is 11.6 Å². The predicted octanol–water partition coefficient (Wildman–Crippen LogP) is 4.00. The van der Waals surface area contributed by atoms with Gasteiger partial charge in [0.25, 0.3) is 5.69 Å². The standard InChI is InChI=1S/C14H7ClFN3O2/c15-13-11-7-10(19(20)21)5-6-12(11)17-14(18-13)8-1-3-9(16)4-2-8/h1-7H. The number of fused-ring (bicyclic) bond motifs is 1. The minimum Gasteiger partial charge on any atom is -0.258 e. The highest BCUT2D eigenvalue weighted by Crippen LogP contribution is 2.27. The van der Waals surface area contributed by atoms with Gasteiger partial charge >= 0.3 is 0 Å². The number of aromatic nitrogens is 2. The Morgan fingerprint density at radius 2 is 1.81 bits per heavy atom. The van der Waals surface area contributed by atoms with Crippen molar-refractivity contribution in [1.82, 2.24) is 9.97 Å². The first-order chi connectivity index (χ1) is 10.0. The lowest BCUT2D eigenvalue weighted by molar-refractivity contribution is -0.384. The molecule has 0 saturated heterocycles. The second kappa shape index (κ2) is 5.06. The van der Waals surface area contributed by atoms with Crippen LogP contribution >= 0.6 is 11.6 Å². The van der Waals surface area contributed by atoms with E-state index in [4.69, 9.17) is 11.6 Å². The van der Waals surface area contributed by atoms with Crippen LogP contribution in [0.2, 0.25) is 5.15 Å². The van der Waals surface area contributed by atoms with Crippen molar-refractivity contribution < 1.29 is 9.31 Å². The van der Waals surface area contributed by atoms with Crippen LogP contribution < -0.4 is 0 Å². The molecule has 0 fully saturated rings. The van der Waals surface area contributed by atoms with E-state index >= 15 is 0 Å². The Labute approximate surface area is 123 Å². The monoisotopic (exact) mass is 303 g/mol. The van der Waals surface area contributed by atoms with Crippen LogP contribution in [0.5, 0.6) is 0 Å². The van der Waals surface area contributed by atoms with Crippen molar-refractivity contribution in [2.75, 3.05) is 0 Å². The molecule has 7 heteroatoms. The second-order valence-electron chi connectivity index (χ2n) is 4.30. The number of benzene rings is 2. The van der Waals surface area contributed by atoms with E-state index in [9.17, 15) is 14.5 Å². The highest BCUT2D eigenvalue weighted by Gasteiger charge is 2.12. The molecule has 0 aliphatic heterocycles. The maximum Gasteiger partial charge on any atom is 0.270 e. The van der Waals surface area contributed by atoms with Crippen molar-refractivity contribution in [3.05, 3.63) is 63.5 Å². The summed E-state index contributed by atoms with van der Waals surface area (Å²) in [5.74, 6) is -0.0254. The molecule has 3 aromatic rings. The first-order valence-corrected chi connectivity index (χ1v) is 6.30. The van der Waals surface area contributed by atoms with Crippen molar-refractivity contribution in [2.45, 2.75) is 0 Å². The molecule has 104 valence electrons. The highest BCUT2D eigenvalue weighted by atomic mass is 35.5. The third-order valence-corrected chi connectivity index (χ3v) is 3.23. The molecule has 1 heterocycles. The summed E-state index contributed by atoms with van der Waals surface area (Å²) in [6, 6.07) is 9.86. The number of nitrogens with zero attached hydrogens (tertiary/aromatic N) is 3. The fourth-order valence-corrected chi connectivity index (χ4v) is 2.15. The van der Waals surface area contributed by atoms with E-state index in [2.05, 4.69) is 9.97 Å². The molecule has 0 spiro atoms. The fraction of sp³-hybridized carbons (Fsp3) is 0. The van der Waals surface area contributed by atoms with Crippen LogP contribution in [0.15, 0.2) is 42.5 Å². The van der Waals surface area contributed by atoms with Gasteiger partial charge in [-0.2, -0.15) is 0 Å². The molecule has 0 aliphatic carbocycles. The van der Waals surface area contributed by atoms with Crippen LogP contribution in [-0.2, 0) is 0 Å². The lowest BCUT2D eigenvalue weighted by Gasteiger charge is -2.04. The summed E-state index contributed by atoms with van der Waals surface area (Å²) in [5.41, 5.74) is 1.01. The van der Waals surface area contributed by atoms with Crippen LogP contribution in [0.3, 0.4) is 0 Å². The van der Waals surface area contributed by atoms with Gasteiger partial charge in [0.15, 0.2) is 5.82 Å². The van der Waals surface area contributed by atoms with Crippen molar-refractivity contribution >= 4 is 28.2 Å². The Morgan fingerprint density at radius 3 is 2.48 bits per heavy atom. The summed E-state index contributed by atoms with van der Waals surface area (Å²) in [6.07, 6.45) is 0.